The molecule has 0 bridgehead atoms. The number of fused-ring (bicyclic) bond motifs is 1. The lowest BCUT2D eigenvalue weighted by Crippen LogP contribution is -2.44. The van der Waals surface area contributed by atoms with Crippen molar-refractivity contribution in [1.29, 1.82) is 0 Å². The van der Waals surface area contributed by atoms with Crippen molar-refractivity contribution in [2.45, 2.75) is 25.8 Å². The van der Waals surface area contributed by atoms with E-state index in [0.29, 0.717) is 28.1 Å². The number of amides is 1. The van der Waals surface area contributed by atoms with Gasteiger partial charge >= 0.3 is 0 Å². The molecule has 7 nitrogen and oxygen atoms in total. The van der Waals surface area contributed by atoms with Crippen molar-refractivity contribution in [1.82, 2.24) is 19.9 Å². The molecule has 3 heterocycles. The van der Waals surface area contributed by atoms with Crippen LogP contribution in [0, 0.1) is 6.92 Å². The quantitative estimate of drug-likeness (QED) is 0.676. The van der Waals surface area contributed by atoms with Crippen molar-refractivity contribution >= 4 is 17.0 Å². The molecule has 0 atom stereocenters. The van der Waals surface area contributed by atoms with Crippen LogP contribution in [0.15, 0.2) is 34.9 Å². The number of ether oxygens (including phenoxy) is 1. The van der Waals surface area contributed by atoms with E-state index in [0.717, 1.165) is 37.2 Å². The SMILES string of the molecule is COc1ccc(-c2cc(C(=O)N(C)C3CCN(C)CC3)c3c(C)noc3n2)cc1. The van der Waals surface area contributed by atoms with Gasteiger partial charge < -0.3 is 19.1 Å². The van der Waals surface area contributed by atoms with Crippen LogP contribution < -0.4 is 4.74 Å². The topological polar surface area (TPSA) is 71.7 Å². The molecule has 7 heteroatoms. The smallest absolute Gasteiger partial charge is 0.259 e. The van der Waals surface area contributed by atoms with Crippen molar-refractivity contribution in [2.75, 3.05) is 34.3 Å². The molecule has 2 aromatic heterocycles. The number of pyridine rings is 1. The second-order valence-corrected chi connectivity index (χ2v) is 7.68. The van der Waals surface area contributed by atoms with Crippen LogP contribution in [0.4, 0.5) is 0 Å². The van der Waals surface area contributed by atoms with Gasteiger partial charge in [0.1, 0.15) is 5.75 Å². The molecule has 1 amide bonds. The van der Waals surface area contributed by atoms with Gasteiger partial charge in [-0.3, -0.25) is 4.79 Å². The maximum atomic E-state index is 13.5. The summed E-state index contributed by atoms with van der Waals surface area (Å²) < 4.78 is 10.7. The maximum Gasteiger partial charge on any atom is 0.259 e. The molecular weight excluding hydrogens is 368 g/mol. The predicted octanol–water partition coefficient (Wildman–Crippen LogP) is 3.37. The Labute approximate surface area is 170 Å². The van der Waals surface area contributed by atoms with Crippen molar-refractivity contribution in [3.8, 4) is 17.0 Å². The molecule has 1 aromatic carbocycles. The number of likely N-dealkylation sites (tertiary alicyclic amines) is 1. The summed E-state index contributed by atoms with van der Waals surface area (Å²) in [5, 5.41) is 4.73. The predicted molar refractivity (Wildman–Crippen MR) is 111 cm³/mol. The second-order valence-electron chi connectivity index (χ2n) is 7.68. The van der Waals surface area contributed by atoms with Crippen molar-refractivity contribution < 1.29 is 14.1 Å². The number of rotatable bonds is 4. The minimum atomic E-state index is -0.0204. The van der Waals surface area contributed by atoms with Gasteiger partial charge in [0.05, 0.1) is 29.4 Å². The van der Waals surface area contributed by atoms with Crippen LogP contribution in [0.25, 0.3) is 22.4 Å². The number of aryl methyl sites for hydroxylation is 1. The lowest BCUT2D eigenvalue weighted by atomic mass is 10.0. The summed E-state index contributed by atoms with van der Waals surface area (Å²) in [6.07, 6.45) is 1.95. The number of methoxy groups -OCH3 is 1. The highest BCUT2D eigenvalue weighted by Crippen LogP contribution is 2.29. The van der Waals surface area contributed by atoms with E-state index in [1.165, 1.54) is 0 Å². The summed E-state index contributed by atoms with van der Waals surface area (Å²) in [4.78, 5) is 22.2. The molecule has 0 spiro atoms. The molecule has 4 rings (SSSR count). The van der Waals surface area contributed by atoms with Crippen molar-refractivity contribution in [2.24, 2.45) is 0 Å². The Bertz CT molecular complexity index is 1020. The Balaban J connectivity index is 1.73. The van der Waals surface area contributed by atoms with Gasteiger partial charge in [-0.2, -0.15) is 0 Å². The Morgan fingerprint density at radius 2 is 1.93 bits per heavy atom. The van der Waals surface area contributed by atoms with Crippen LogP contribution in [0.5, 0.6) is 5.75 Å². The molecule has 1 aliphatic heterocycles. The van der Waals surface area contributed by atoms with Crippen LogP contribution in [-0.4, -0.2) is 66.2 Å². The monoisotopic (exact) mass is 394 g/mol. The Kier molecular flexibility index (Phi) is 5.24. The average molecular weight is 394 g/mol. The van der Waals surface area contributed by atoms with Crippen LogP contribution in [-0.2, 0) is 0 Å². The van der Waals surface area contributed by atoms with Gasteiger partial charge in [-0.25, -0.2) is 4.98 Å². The average Bonchev–Trinajstić information content (AvgIpc) is 3.13. The number of aromatic nitrogens is 2. The fourth-order valence-corrected chi connectivity index (χ4v) is 3.91. The standard InChI is InChI=1S/C22H26N4O3/c1-14-20-18(22(27)26(3)16-9-11-25(2)12-10-16)13-19(23-21(20)29-24-14)15-5-7-17(28-4)8-6-15/h5-8,13,16H,9-12H2,1-4H3. The molecule has 1 fully saturated rings. The first-order chi connectivity index (χ1) is 14.0. The molecule has 29 heavy (non-hydrogen) atoms. The van der Waals surface area contributed by atoms with Gasteiger partial charge in [-0.05, 0) is 70.2 Å². The van der Waals surface area contributed by atoms with Gasteiger partial charge in [-0.15, -0.1) is 0 Å². The van der Waals surface area contributed by atoms with E-state index in [1.807, 2.05) is 49.2 Å². The molecule has 0 N–H and O–H groups in total. The highest BCUT2D eigenvalue weighted by atomic mass is 16.5. The minimum Gasteiger partial charge on any atom is -0.497 e. The molecule has 0 saturated carbocycles. The number of nitrogens with zero attached hydrogens (tertiary/aromatic N) is 4. The lowest BCUT2D eigenvalue weighted by molar-refractivity contribution is 0.0661. The van der Waals surface area contributed by atoms with E-state index in [-0.39, 0.29) is 11.9 Å². The summed E-state index contributed by atoms with van der Waals surface area (Å²) in [5.41, 5.74) is 3.21. The Morgan fingerprint density at radius 3 is 2.59 bits per heavy atom. The second kappa shape index (κ2) is 7.83. The molecule has 3 aromatic rings. The van der Waals surface area contributed by atoms with Gasteiger partial charge in [-0.1, -0.05) is 5.16 Å². The molecular formula is C22H26N4O3. The van der Waals surface area contributed by atoms with Crippen LogP contribution in [0.2, 0.25) is 0 Å². The normalized spacial score (nSPS) is 15.6. The summed E-state index contributed by atoms with van der Waals surface area (Å²) in [7, 11) is 5.64. The van der Waals surface area contributed by atoms with Gasteiger partial charge in [0.15, 0.2) is 0 Å². The molecule has 1 saturated heterocycles. The number of hydrogen-bond donors (Lipinski definition) is 0. The number of carbonyl (C=O) groups is 1. The summed E-state index contributed by atoms with van der Waals surface area (Å²) in [6.45, 7) is 3.84. The van der Waals surface area contributed by atoms with E-state index in [9.17, 15) is 4.79 Å². The highest BCUT2D eigenvalue weighted by Gasteiger charge is 2.28. The van der Waals surface area contributed by atoms with Gasteiger partial charge in [0.25, 0.3) is 11.6 Å². The van der Waals surface area contributed by atoms with E-state index in [4.69, 9.17) is 9.26 Å². The van der Waals surface area contributed by atoms with Crippen LogP contribution >= 0.6 is 0 Å². The fraction of sp³-hybridized carbons (Fsp3) is 0.409. The Morgan fingerprint density at radius 1 is 1.24 bits per heavy atom. The lowest BCUT2D eigenvalue weighted by Gasteiger charge is -2.35. The van der Waals surface area contributed by atoms with E-state index < -0.39 is 0 Å². The summed E-state index contributed by atoms with van der Waals surface area (Å²) >= 11 is 0. The fourth-order valence-electron chi connectivity index (χ4n) is 3.91. The molecule has 0 aliphatic carbocycles. The first-order valence-electron chi connectivity index (χ1n) is 9.85. The van der Waals surface area contributed by atoms with Crippen molar-refractivity contribution in [3.05, 3.63) is 41.6 Å². The highest BCUT2D eigenvalue weighted by molar-refractivity contribution is 6.07. The summed E-state index contributed by atoms with van der Waals surface area (Å²) in [5.74, 6) is 0.747. The number of piperidine rings is 1. The van der Waals surface area contributed by atoms with E-state index in [1.54, 1.807) is 7.11 Å². The van der Waals surface area contributed by atoms with Crippen LogP contribution in [0.3, 0.4) is 0 Å². The van der Waals surface area contributed by atoms with Gasteiger partial charge in [0.2, 0.25) is 0 Å². The third-order valence-electron chi connectivity index (χ3n) is 5.79. The zero-order valence-corrected chi connectivity index (χ0v) is 17.3. The molecule has 152 valence electrons. The molecule has 1 aliphatic rings. The maximum absolute atomic E-state index is 13.5. The zero-order chi connectivity index (χ0) is 20.5. The van der Waals surface area contributed by atoms with E-state index >= 15 is 0 Å². The number of carbonyl (C=O) groups excluding carboxylic acids is 1. The Hall–Kier alpha value is -2.93. The summed E-state index contributed by atoms with van der Waals surface area (Å²) in [6, 6.07) is 9.67. The molecule has 0 unspecified atom stereocenters. The first-order valence-corrected chi connectivity index (χ1v) is 9.85. The zero-order valence-electron chi connectivity index (χ0n) is 17.3. The third kappa shape index (κ3) is 3.70. The van der Waals surface area contributed by atoms with Crippen LogP contribution in [0.1, 0.15) is 28.9 Å². The minimum absolute atomic E-state index is 0.0204. The molecule has 0 radical (unpaired) electrons. The first kappa shape index (κ1) is 19.4. The largest absolute Gasteiger partial charge is 0.497 e. The third-order valence-corrected chi connectivity index (χ3v) is 5.79. The number of benzene rings is 1. The van der Waals surface area contributed by atoms with E-state index in [2.05, 4.69) is 22.1 Å². The number of hydrogen-bond acceptors (Lipinski definition) is 6. The van der Waals surface area contributed by atoms with Crippen molar-refractivity contribution in [3.63, 3.8) is 0 Å². The van der Waals surface area contributed by atoms with Gasteiger partial charge in [0, 0.05) is 18.7 Å².